The fourth-order valence-corrected chi connectivity index (χ4v) is 1.23. The largest absolute Gasteiger partial charge is 0.394 e. The zero-order valence-corrected chi connectivity index (χ0v) is 10.1. The quantitative estimate of drug-likeness (QED) is 0.239. The number of nitrogens with one attached hydrogen (secondary N) is 1. The third-order valence-corrected chi connectivity index (χ3v) is 2.42. The highest BCUT2D eigenvalue weighted by molar-refractivity contribution is 5.81. The van der Waals surface area contributed by atoms with Gasteiger partial charge >= 0.3 is 0 Å². The number of rotatable bonds is 8. The van der Waals surface area contributed by atoms with Crippen LogP contribution in [0.2, 0.25) is 0 Å². The topological polar surface area (TPSA) is 150 Å². The molecule has 0 aliphatic carbocycles. The third kappa shape index (κ3) is 4.84. The maximum absolute atomic E-state index is 11.3. The summed E-state index contributed by atoms with van der Waals surface area (Å²) in [4.78, 5) is 11.3. The molecule has 8 nitrogen and oxygen atoms in total. The van der Waals surface area contributed by atoms with Crippen molar-refractivity contribution in [2.75, 3.05) is 13.2 Å². The summed E-state index contributed by atoms with van der Waals surface area (Å²) in [5, 5.41) is 57.5. The monoisotopic (exact) mass is 267 g/mol. The van der Waals surface area contributed by atoms with Gasteiger partial charge in [0.25, 0.3) is 5.91 Å². The smallest absolute Gasteiger partial charge is 0.251 e. The molecule has 0 aromatic rings. The van der Waals surface area contributed by atoms with Crippen molar-refractivity contribution in [2.24, 2.45) is 0 Å². The summed E-state index contributed by atoms with van der Waals surface area (Å²) in [6.45, 7) is 1.25. The van der Waals surface area contributed by atoms with Crippen molar-refractivity contribution >= 4 is 5.91 Å². The van der Waals surface area contributed by atoms with Crippen molar-refractivity contribution in [1.82, 2.24) is 5.32 Å². The minimum atomic E-state index is -1.97. The molecule has 0 heterocycles. The van der Waals surface area contributed by atoms with Crippen LogP contribution in [0.4, 0.5) is 0 Å². The van der Waals surface area contributed by atoms with E-state index in [-0.39, 0.29) is 0 Å². The molecule has 5 atom stereocenters. The van der Waals surface area contributed by atoms with Crippen LogP contribution in [0.25, 0.3) is 0 Å². The van der Waals surface area contributed by atoms with Crippen LogP contribution in [0.3, 0.4) is 0 Å². The van der Waals surface area contributed by atoms with Crippen LogP contribution >= 0.6 is 0 Å². The summed E-state index contributed by atoms with van der Waals surface area (Å²) in [6.07, 6.45) is -8.80. The predicted molar refractivity (Wildman–Crippen MR) is 60.4 cm³/mol. The summed E-state index contributed by atoms with van der Waals surface area (Å²) in [5.41, 5.74) is 0. The summed E-state index contributed by atoms with van der Waals surface area (Å²) < 4.78 is 0. The van der Waals surface area contributed by atoms with Gasteiger partial charge in [-0.25, -0.2) is 0 Å². The lowest BCUT2D eigenvalue weighted by molar-refractivity contribution is -0.156. The van der Waals surface area contributed by atoms with Crippen LogP contribution in [0.5, 0.6) is 0 Å². The number of aliphatic hydroxyl groups is 6. The molecule has 0 aliphatic rings. The molecular weight excluding hydrogens is 246 g/mol. The molecule has 0 aromatic heterocycles. The van der Waals surface area contributed by atoms with Gasteiger partial charge in [-0.15, -0.1) is 0 Å². The van der Waals surface area contributed by atoms with E-state index >= 15 is 0 Å². The van der Waals surface area contributed by atoms with Crippen LogP contribution in [0.1, 0.15) is 13.3 Å². The predicted octanol–water partition coefficient (Wildman–Crippen LogP) is -3.69. The van der Waals surface area contributed by atoms with Gasteiger partial charge in [0.15, 0.2) is 6.10 Å². The third-order valence-electron chi connectivity index (χ3n) is 2.42. The molecule has 0 unspecified atom stereocenters. The summed E-state index contributed by atoms with van der Waals surface area (Å²) >= 11 is 0. The van der Waals surface area contributed by atoms with Gasteiger partial charge in [0.05, 0.1) is 6.61 Å². The zero-order valence-electron chi connectivity index (χ0n) is 10.1. The molecule has 108 valence electrons. The lowest BCUT2D eigenvalue weighted by atomic mass is 9.99. The maximum atomic E-state index is 11.3. The molecule has 0 saturated carbocycles. The second kappa shape index (κ2) is 8.35. The van der Waals surface area contributed by atoms with Crippen LogP contribution in [0.15, 0.2) is 0 Å². The van der Waals surface area contributed by atoms with Crippen molar-refractivity contribution in [1.29, 1.82) is 0 Å². The molecule has 0 bridgehead atoms. The number of hydrogen-bond donors (Lipinski definition) is 7. The number of amides is 1. The van der Waals surface area contributed by atoms with Gasteiger partial charge in [0.2, 0.25) is 0 Å². The summed E-state index contributed by atoms with van der Waals surface area (Å²) in [6, 6.07) is 0. The van der Waals surface area contributed by atoms with E-state index in [1.165, 1.54) is 0 Å². The first-order valence-corrected chi connectivity index (χ1v) is 5.65. The molecular formula is C10H21NO7. The average molecular weight is 267 g/mol. The Hall–Kier alpha value is -0.770. The molecule has 0 aliphatic heterocycles. The van der Waals surface area contributed by atoms with Gasteiger partial charge in [-0.05, 0) is 6.42 Å². The molecule has 1 amide bonds. The Bertz CT molecular complexity index is 250. The highest BCUT2D eigenvalue weighted by atomic mass is 16.4. The van der Waals surface area contributed by atoms with Gasteiger partial charge in [-0.1, -0.05) is 6.92 Å². The van der Waals surface area contributed by atoms with E-state index in [1.54, 1.807) is 6.92 Å². The highest BCUT2D eigenvalue weighted by Gasteiger charge is 2.36. The van der Waals surface area contributed by atoms with Gasteiger partial charge in [-0.3, -0.25) is 4.79 Å². The number of hydrogen-bond acceptors (Lipinski definition) is 7. The Labute approximate surface area is 105 Å². The van der Waals surface area contributed by atoms with E-state index in [9.17, 15) is 25.2 Å². The van der Waals surface area contributed by atoms with Crippen LogP contribution in [-0.4, -0.2) is 80.2 Å². The van der Waals surface area contributed by atoms with Crippen molar-refractivity contribution < 1.29 is 35.4 Å². The van der Waals surface area contributed by atoms with Crippen LogP contribution in [0, 0.1) is 0 Å². The van der Waals surface area contributed by atoms with E-state index in [2.05, 4.69) is 5.32 Å². The SMILES string of the molecule is CCCNC(=O)[C@H](O)[C@H](O)[C@H](O)[C@@H](O)[C@H](O)CO. The maximum Gasteiger partial charge on any atom is 0.251 e. The number of aliphatic hydroxyl groups excluding tert-OH is 6. The second-order valence-corrected chi connectivity index (χ2v) is 3.96. The molecule has 0 fully saturated rings. The van der Waals surface area contributed by atoms with Gasteiger partial charge in [-0.2, -0.15) is 0 Å². The first kappa shape index (κ1) is 17.2. The normalized spacial score (nSPS) is 19.7. The van der Waals surface area contributed by atoms with Crippen LogP contribution < -0.4 is 5.32 Å². The Balaban J connectivity index is 4.43. The summed E-state index contributed by atoms with van der Waals surface area (Å²) in [7, 11) is 0. The lowest BCUT2D eigenvalue weighted by Crippen LogP contribution is -2.54. The van der Waals surface area contributed by atoms with Crippen LogP contribution in [-0.2, 0) is 4.79 Å². The Morgan fingerprint density at radius 1 is 1.06 bits per heavy atom. The van der Waals surface area contributed by atoms with Gasteiger partial charge < -0.3 is 36.0 Å². The molecule has 8 heteroatoms. The van der Waals surface area contributed by atoms with Crippen molar-refractivity contribution in [3.8, 4) is 0 Å². The molecule has 7 N–H and O–H groups in total. The highest BCUT2D eigenvalue weighted by Crippen LogP contribution is 2.08. The standard InChI is InChI=1S/C10H21NO7/c1-2-3-11-10(18)9(17)8(16)7(15)6(14)5(13)4-12/h5-9,12-17H,2-4H2,1H3,(H,11,18)/t5-,6+,7-,8-,9-/m1/s1. The fourth-order valence-electron chi connectivity index (χ4n) is 1.23. The molecule has 0 aromatic carbocycles. The second-order valence-electron chi connectivity index (χ2n) is 3.96. The Kier molecular flexibility index (Phi) is 8.00. The first-order valence-electron chi connectivity index (χ1n) is 5.65. The van der Waals surface area contributed by atoms with E-state index in [1.807, 2.05) is 0 Å². The molecule has 18 heavy (non-hydrogen) atoms. The average Bonchev–Trinajstić information content (AvgIpc) is 2.40. The minimum Gasteiger partial charge on any atom is -0.394 e. The number of carbonyl (C=O) groups is 1. The molecule has 0 rings (SSSR count). The molecule has 0 spiro atoms. The van der Waals surface area contributed by atoms with E-state index in [4.69, 9.17) is 10.2 Å². The molecule has 0 radical (unpaired) electrons. The zero-order chi connectivity index (χ0) is 14.3. The van der Waals surface area contributed by atoms with E-state index < -0.39 is 43.0 Å². The van der Waals surface area contributed by atoms with Crippen molar-refractivity contribution in [3.05, 3.63) is 0 Å². The lowest BCUT2D eigenvalue weighted by Gasteiger charge is -2.27. The minimum absolute atomic E-state index is 0.292. The first-order chi connectivity index (χ1) is 8.36. The van der Waals surface area contributed by atoms with Gasteiger partial charge in [0, 0.05) is 6.54 Å². The molecule has 0 saturated heterocycles. The van der Waals surface area contributed by atoms with Crippen molar-refractivity contribution in [2.45, 2.75) is 43.9 Å². The Morgan fingerprint density at radius 3 is 2.06 bits per heavy atom. The van der Waals surface area contributed by atoms with E-state index in [0.717, 1.165) is 0 Å². The number of carbonyl (C=O) groups excluding carboxylic acids is 1. The Morgan fingerprint density at radius 2 is 1.61 bits per heavy atom. The van der Waals surface area contributed by atoms with Crippen molar-refractivity contribution in [3.63, 3.8) is 0 Å². The van der Waals surface area contributed by atoms with Gasteiger partial charge in [0.1, 0.15) is 24.4 Å². The van der Waals surface area contributed by atoms with E-state index in [0.29, 0.717) is 13.0 Å². The fraction of sp³-hybridized carbons (Fsp3) is 0.900. The summed E-state index contributed by atoms with van der Waals surface area (Å²) in [5.74, 6) is -0.894.